The minimum Gasteiger partial charge on any atom is -0.376 e. The highest BCUT2D eigenvalue weighted by molar-refractivity contribution is 7.99. The van der Waals surface area contributed by atoms with Crippen molar-refractivity contribution in [3.05, 3.63) is 41.2 Å². The molecule has 172 valence electrons. The van der Waals surface area contributed by atoms with Crippen molar-refractivity contribution in [1.82, 2.24) is 14.1 Å². The van der Waals surface area contributed by atoms with E-state index in [4.69, 9.17) is 9.88 Å². The standard InChI is InChI=1S/C22H28N4O4S2/c1-4-25-20-8-7-17(32(23,28)29)11-19(20)24-22(25)31-13-21(27)18-10-14(2)26(15(18)3)12-16-6-5-9-30-16/h7-8,10-11,16H,4-6,9,12-13H2,1-3H3,(H2,23,28,29)/t16-/m0/s1. The predicted octanol–water partition coefficient (Wildman–Crippen LogP) is 3.28. The molecule has 1 aliphatic heterocycles. The van der Waals surface area contributed by atoms with Crippen LogP contribution in [0.1, 0.15) is 41.5 Å². The van der Waals surface area contributed by atoms with Gasteiger partial charge < -0.3 is 13.9 Å². The number of sulfonamides is 1. The number of nitrogens with zero attached hydrogens (tertiary/aromatic N) is 3. The van der Waals surface area contributed by atoms with Crippen molar-refractivity contribution >= 4 is 38.6 Å². The molecule has 4 rings (SSSR count). The number of carbonyl (C=O) groups is 1. The van der Waals surface area contributed by atoms with E-state index in [1.807, 2.05) is 31.4 Å². The Bertz CT molecular complexity index is 1270. The molecule has 10 heteroatoms. The van der Waals surface area contributed by atoms with Gasteiger partial charge in [0, 0.05) is 36.6 Å². The summed E-state index contributed by atoms with van der Waals surface area (Å²) in [6.07, 6.45) is 2.35. The Kier molecular flexibility index (Phi) is 6.49. The van der Waals surface area contributed by atoms with E-state index >= 15 is 0 Å². The van der Waals surface area contributed by atoms with Crippen LogP contribution in [-0.2, 0) is 27.8 Å². The monoisotopic (exact) mass is 476 g/mol. The molecule has 0 unspecified atom stereocenters. The van der Waals surface area contributed by atoms with Crippen molar-refractivity contribution in [2.24, 2.45) is 5.14 Å². The van der Waals surface area contributed by atoms with Crippen LogP contribution in [0, 0.1) is 13.8 Å². The number of Topliss-reactive ketones (excluding diaryl/α,β-unsaturated/α-hetero) is 1. The summed E-state index contributed by atoms with van der Waals surface area (Å²) in [6.45, 7) is 8.22. The molecule has 1 atom stereocenters. The number of fused-ring (bicyclic) bond motifs is 1. The van der Waals surface area contributed by atoms with E-state index in [2.05, 4.69) is 9.55 Å². The summed E-state index contributed by atoms with van der Waals surface area (Å²) in [7, 11) is -3.80. The maximum absolute atomic E-state index is 13.0. The average Bonchev–Trinajstić information content (AvgIpc) is 3.45. The lowest BCUT2D eigenvalue weighted by molar-refractivity contribution is 0.0957. The normalized spacial score (nSPS) is 16.8. The van der Waals surface area contributed by atoms with Gasteiger partial charge in [0.2, 0.25) is 10.0 Å². The van der Waals surface area contributed by atoms with Crippen LogP contribution < -0.4 is 5.14 Å². The van der Waals surface area contributed by atoms with E-state index in [0.29, 0.717) is 17.2 Å². The molecule has 0 amide bonds. The Morgan fingerprint density at radius 1 is 1.28 bits per heavy atom. The highest BCUT2D eigenvalue weighted by Crippen LogP contribution is 2.28. The zero-order chi connectivity index (χ0) is 23.0. The van der Waals surface area contributed by atoms with Gasteiger partial charge in [0.15, 0.2) is 10.9 Å². The molecule has 0 radical (unpaired) electrons. The van der Waals surface area contributed by atoms with Crippen LogP contribution in [0.25, 0.3) is 11.0 Å². The van der Waals surface area contributed by atoms with Gasteiger partial charge in [-0.15, -0.1) is 0 Å². The predicted molar refractivity (Wildman–Crippen MR) is 125 cm³/mol. The van der Waals surface area contributed by atoms with Gasteiger partial charge >= 0.3 is 0 Å². The molecule has 1 aromatic carbocycles. The van der Waals surface area contributed by atoms with E-state index < -0.39 is 10.0 Å². The molecule has 1 aliphatic rings. The lowest BCUT2D eigenvalue weighted by Crippen LogP contribution is -2.17. The Morgan fingerprint density at radius 3 is 2.72 bits per heavy atom. The van der Waals surface area contributed by atoms with Crippen molar-refractivity contribution in [1.29, 1.82) is 0 Å². The number of primary sulfonamides is 1. The van der Waals surface area contributed by atoms with Gasteiger partial charge in [-0.05, 0) is 57.9 Å². The Balaban J connectivity index is 1.54. The number of aromatic nitrogens is 3. The molecule has 1 fully saturated rings. The number of hydrogen-bond donors (Lipinski definition) is 1. The first-order valence-corrected chi connectivity index (χ1v) is 13.2. The molecule has 0 bridgehead atoms. The highest BCUT2D eigenvalue weighted by atomic mass is 32.2. The fraction of sp³-hybridized carbons (Fsp3) is 0.455. The number of rotatable bonds is 8. The van der Waals surface area contributed by atoms with Crippen molar-refractivity contribution in [2.45, 2.75) is 62.9 Å². The molecule has 32 heavy (non-hydrogen) atoms. The number of thioether (sulfide) groups is 1. The van der Waals surface area contributed by atoms with Crippen LogP contribution >= 0.6 is 11.8 Å². The van der Waals surface area contributed by atoms with E-state index in [1.165, 1.54) is 23.9 Å². The summed E-state index contributed by atoms with van der Waals surface area (Å²) in [5, 5.41) is 5.92. The quantitative estimate of drug-likeness (QED) is 0.395. The number of aryl methyl sites for hydroxylation is 2. The lowest BCUT2D eigenvalue weighted by Gasteiger charge is -2.14. The zero-order valence-electron chi connectivity index (χ0n) is 18.5. The molecule has 1 saturated heterocycles. The summed E-state index contributed by atoms with van der Waals surface area (Å²) in [5.41, 5.74) is 4.10. The smallest absolute Gasteiger partial charge is 0.238 e. The van der Waals surface area contributed by atoms with E-state index in [1.54, 1.807) is 6.07 Å². The van der Waals surface area contributed by atoms with Crippen molar-refractivity contribution in [3.63, 3.8) is 0 Å². The number of hydrogen-bond acceptors (Lipinski definition) is 6. The van der Waals surface area contributed by atoms with Crippen LogP contribution in [0.3, 0.4) is 0 Å². The van der Waals surface area contributed by atoms with Crippen LogP contribution in [0.15, 0.2) is 34.3 Å². The number of ether oxygens (including phenoxy) is 1. The zero-order valence-corrected chi connectivity index (χ0v) is 20.1. The van der Waals surface area contributed by atoms with Crippen LogP contribution in [0.5, 0.6) is 0 Å². The Hall–Kier alpha value is -2.14. The fourth-order valence-electron chi connectivity index (χ4n) is 4.24. The number of ketones is 1. The molecule has 0 aliphatic carbocycles. The largest absolute Gasteiger partial charge is 0.376 e. The maximum atomic E-state index is 13.0. The third kappa shape index (κ3) is 4.50. The topological polar surface area (TPSA) is 109 Å². The van der Waals surface area contributed by atoms with Gasteiger partial charge in [0.25, 0.3) is 0 Å². The summed E-state index contributed by atoms with van der Waals surface area (Å²) < 4.78 is 33.2. The number of carbonyl (C=O) groups excluding carboxylic acids is 1. The second kappa shape index (κ2) is 9.01. The van der Waals surface area contributed by atoms with Crippen LogP contribution in [0.4, 0.5) is 0 Å². The number of nitrogens with two attached hydrogens (primary N) is 1. The minimum absolute atomic E-state index is 0.0251. The third-order valence-corrected chi connectivity index (χ3v) is 7.83. The second-order valence-corrected chi connectivity index (χ2v) is 10.6. The molecular weight excluding hydrogens is 448 g/mol. The molecule has 0 saturated carbocycles. The molecule has 3 aromatic rings. The van der Waals surface area contributed by atoms with E-state index in [0.717, 1.165) is 48.5 Å². The molecule has 2 N–H and O–H groups in total. The first-order valence-electron chi connectivity index (χ1n) is 10.7. The van der Waals surface area contributed by atoms with Gasteiger partial charge in [0.1, 0.15) is 0 Å². The SMILES string of the molecule is CCn1c(SCC(=O)c2cc(C)n(C[C@@H]3CCCO3)c2C)nc2cc(S(N)(=O)=O)ccc21. The molecule has 8 nitrogen and oxygen atoms in total. The number of benzene rings is 1. The van der Waals surface area contributed by atoms with Gasteiger partial charge in [-0.25, -0.2) is 18.5 Å². The van der Waals surface area contributed by atoms with Gasteiger partial charge in [-0.3, -0.25) is 4.79 Å². The summed E-state index contributed by atoms with van der Waals surface area (Å²) in [5.74, 6) is 0.289. The second-order valence-electron chi connectivity index (χ2n) is 8.08. The van der Waals surface area contributed by atoms with E-state index in [9.17, 15) is 13.2 Å². The van der Waals surface area contributed by atoms with Crippen LogP contribution in [0.2, 0.25) is 0 Å². The molecule has 2 aromatic heterocycles. The van der Waals surface area contributed by atoms with Crippen molar-refractivity contribution < 1.29 is 17.9 Å². The van der Waals surface area contributed by atoms with Gasteiger partial charge in [-0.1, -0.05) is 11.8 Å². The molecular formula is C22H28N4O4S2. The molecule has 0 spiro atoms. The summed E-state index contributed by atoms with van der Waals surface area (Å²) in [4.78, 5) is 17.6. The number of imidazole rings is 1. The van der Waals surface area contributed by atoms with Gasteiger partial charge in [0.05, 0.1) is 27.8 Å². The van der Waals surface area contributed by atoms with Gasteiger partial charge in [-0.2, -0.15) is 0 Å². The lowest BCUT2D eigenvalue weighted by atomic mass is 10.2. The molecule has 3 heterocycles. The highest BCUT2D eigenvalue weighted by Gasteiger charge is 2.22. The minimum atomic E-state index is -3.80. The fourth-order valence-corrected chi connectivity index (χ4v) is 5.74. The van der Waals surface area contributed by atoms with Crippen LogP contribution in [-0.4, -0.2) is 46.8 Å². The first-order chi connectivity index (χ1) is 15.2. The average molecular weight is 477 g/mol. The Morgan fingerprint density at radius 2 is 2.06 bits per heavy atom. The maximum Gasteiger partial charge on any atom is 0.238 e. The van der Waals surface area contributed by atoms with E-state index in [-0.39, 0.29) is 22.5 Å². The third-order valence-electron chi connectivity index (χ3n) is 5.95. The summed E-state index contributed by atoms with van der Waals surface area (Å²) >= 11 is 1.36. The first kappa shape index (κ1) is 23.0. The van der Waals surface area contributed by atoms with Crippen molar-refractivity contribution in [2.75, 3.05) is 12.4 Å². The van der Waals surface area contributed by atoms with Crippen molar-refractivity contribution in [3.8, 4) is 0 Å². The summed E-state index contributed by atoms with van der Waals surface area (Å²) in [6, 6.07) is 6.61. The Labute approximate surface area is 192 Å².